The van der Waals surface area contributed by atoms with Crippen LogP contribution in [0.25, 0.3) is 27.6 Å². The molecule has 1 aliphatic rings. The van der Waals surface area contributed by atoms with Crippen LogP contribution < -0.4 is 14.5 Å². The Bertz CT molecular complexity index is 2480. The van der Waals surface area contributed by atoms with Crippen LogP contribution in [-0.4, -0.2) is 9.55 Å². The molecule has 0 atom stereocenters. The van der Waals surface area contributed by atoms with E-state index < -0.39 is 0 Å². The first-order valence-corrected chi connectivity index (χ1v) is 18.9. The summed E-state index contributed by atoms with van der Waals surface area (Å²) in [6.07, 6.45) is 2.00. The van der Waals surface area contributed by atoms with Crippen molar-refractivity contribution in [1.82, 2.24) is 9.55 Å². The molecule has 0 amide bonds. The van der Waals surface area contributed by atoms with Crippen molar-refractivity contribution in [2.75, 3.05) is 9.80 Å². The molecule has 284 valence electrons. The first kappa shape index (κ1) is 38.4. The van der Waals surface area contributed by atoms with E-state index in [0.717, 1.165) is 51.4 Å². The summed E-state index contributed by atoms with van der Waals surface area (Å²) in [7, 11) is 0. The van der Waals surface area contributed by atoms with Crippen LogP contribution in [-0.2, 0) is 43.9 Å². The second-order valence-corrected chi connectivity index (χ2v) is 17.6. The third kappa shape index (κ3) is 7.56. The van der Waals surface area contributed by atoms with E-state index in [0.29, 0.717) is 11.5 Å². The fourth-order valence-corrected chi connectivity index (χ4v) is 7.19. The van der Waals surface area contributed by atoms with E-state index in [4.69, 9.17) is 9.72 Å². The van der Waals surface area contributed by atoms with Gasteiger partial charge in [-0.25, -0.2) is 4.98 Å². The zero-order chi connectivity index (χ0) is 38.0. The van der Waals surface area contributed by atoms with Crippen LogP contribution in [0.15, 0.2) is 115 Å². The van der Waals surface area contributed by atoms with E-state index >= 15 is 0 Å². The van der Waals surface area contributed by atoms with Crippen LogP contribution in [0.4, 0.5) is 17.1 Å². The van der Waals surface area contributed by atoms with Crippen molar-refractivity contribution in [1.29, 1.82) is 0 Å². The number of anilines is 3. The Kier molecular flexibility index (Phi) is 10.0. The summed E-state index contributed by atoms with van der Waals surface area (Å²) in [6, 6.07) is 46.1. The second kappa shape index (κ2) is 14.3. The largest absolute Gasteiger partial charge is 0.509 e. The standard InChI is InChI=1S/C49H49N4O.Pt/c1-47(2,3)34-19-23-42-41(27-34)40-22-21-38(29-45(40)53(42)46-24-20-35(30-50-46)48(4,5)6)54-39-26-36(49(7,8)9)25-37(28-39)52-32-51(31-33-15-11-10-12-16-33)43-17-13-14-18-44(43)52;/h10-27,30,32H,31H2,1-9H3;/q-3;. The van der Waals surface area contributed by atoms with E-state index in [1.165, 1.54) is 22.1 Å². The minimum atomic E-state index is -0.124. The second-order valence-electron chi connectivity index (χ2n) is 17.6. The van der Waals surface area contributed by atoms with Crippen LogP contribution in [0.5, 0.6) is 11.5 Å². The number of fused-ring (bicyclic) bond motifs is 4. The summed E-state index contributed by atoms with van der Waals surface area (Å²) in [5, 5.41) is 2.29. The summed E-state index contributed by atoms with van der Waals surface area (Å²) in [5.41, 5.74) is 10.00. The van der Waals surface area contributed by atoms with Gasteiger partial charge in [0.1, 0.15) is 5.82 Å². The van der Waals surface area contributed by atoms with Gasteiger partial charge >= 0.3 is 0 Å². The monoisotopic (exact) mass is 904 g/mol. The Hall–Kier alpha value is -4.86. The quantitative estimate of drug-likeness (QED) is 0.156. The van der Waals surface area contributed by atoms with Crippen LogP contribution in [0.2, 0.25) is 0 Å². The zero-order valence-corrected chi connectivity index (χ0v) is 35.5. The zero-order valence-electron chi connectivity index (χ0n) is 33.3. The molecular weight excluding hydrogens is 856 g/mol. The van der Waals surface area contributed by atoms with Crippen molar-refractivity contribution < 1.29 is 25.8 Å². The van der Waals surface area contributed by atoms with Crippen molar-refractivity contribution in [3.63, 3.8) is 0 Å². The molecule has 0 bridgehead atoms. The fourth-order valence-electron chi connectivity index (χ4n) is 7.19. The molecule has 0 saturated carbocycles. The molecule has 3 heterocycles. The smallest absolute Gasteiger partial charge is 0.135 e. The van der Waals surface area contributed by atoms with Gasteiger partial charge in [-0.1, -0.05) is 128 Å². The first-order valence-electron chi connectivity index (χ1n) is 18.9. The molecule has 6 heteroatoms. The molecule has 0 spiro atoms. The van der Waals surface area contributed by atoms with Gasteiger partial charge in [0.05, 0.1) is 0 Å². The van der Waals surface area contributed by atoms with E-state index in [9.17, 15) is 0 Å². The van der Waals surface area contributed by atoms with Crippen LogP contribution in [0.1, 0.15) is 84.6 Å². The van der Waals surface area contributed by atoms with Crippen molar-refractivity contribution in [3.8, 4) is 17.3 Å². The van der Waals surface area contributed by atoms with Crippen LogP contribution in [0.3, 0.4) is 0 Å². The van der Waals surface area contributed by atoms with E-state index in [1.54, 1.807) is 0 Å². The number of ether oxygens (including phenoxy) is 1. The number of hydrogen-bond donors (Lipinski definition) is 0. The number of rotatable bonds is 6. The molecule has 0 radical (unpaired) electrons. The maximum atomic E-state index is 6.76. The van der Waals surface area contributed by atoms with Gasteiger partial charge < -0.3 is 19.1 Å². The van der Waals surface area contributed by atoms with Crippen LogP contribution in [0, 0.1) is 18.8 Å². The molecule has 55 heavy (non-hydrogen) atoms. The summed E-state index contributed by atoms with van der Waals surface area (Å²) in [6.45, 7) is 23.1. The number of benzene rings is 5. The number of aromatic nitrogens is 2. The molecule has 2 aromatic heterocycles. The third-order valence-corrected chi connectivity index (χ3v) is 10.4. The maximum Gasteiger partial charge on any atom is 0.135 e. The molecular formula is C49H49N4OPt-3. The number of para-hydroxylation sites is 2. The van der Waals surface area contributed by atoms with Gasteiger partial charge in [0.25, 0.3) is 0 Å². The Morgan fingerprint density at radius 1 is 0.618 bits per heavy atom. The van der Waals surface area contributed by atoms with E-state index in [2.05, 4.69) is 199 Å². The Morgan fingerprint density at radius 2 is 1.29 bits per heavy atom. The predicted octanol–water partition coefficient (Wildman–Crippen LogP) is 12.7. The average molecular weight is 905 g/mol. The summed E-state index contributed by atoms with van der Waals surface area (Å²) in [5.74, 6) is 2.12. The Balaban J connectivity index is 0.00000465. The van der Waals surface area contributed by atoms with Gasteiger partial charge in [0.15, 0.2) is 0 Å². The van der Waals surface area contributed by atoms with Gasteiger partial charge in [0, 0.05) is 62.2 Å². The normalized spacial score (nSPS) is 13.3. The van der Waals surface area contributed by atoms with Crippen molar-refractivity contribution in [2.24, 2.45) is 0 Å². The molecule has 5 nitrogen and oxygen atoms in total. The van der Waals surface area contributed by atoms with Gasteiger partial charge in [-0.05, 0) is 62.6 Å². The van der Waals surface area contributed by atoms with Gasteiger partial charge in [-0.3, -0.25) is 0 Å². The fraction of sp³-hybridized carbons (Fsp3) is 0.265. The first-order chi connectivity index (χ1) is 25.6. The van der Waals surface area contributed by atoms with Crippen molar-refractivity contribution in [3.05, 3.63) is 156 Å². The molecule has 0 saturated heterocycles. The summed E-state index contributed by atoms with van der Waals surface area (Å²) < 4.78 is 8.98. The SMILES string of the molecule is CC(C)(C)c1ccc(-n2c3[c-]c(Oc4[c-]c(N5[CH-]N(Cc6ccccc6)c6ccccc65)cc(C(C)(C)C)c4)ccc3c3cc(C(C)(C)C)ccc32)nc1.[Pt]. The van der Waals surface area contributed by atoms with Crippen LogP contribution >= 0.6 is 0 Å². The van der Waals surface area contributed by atoms with Crippen molar-refractivity contribution in [2.45, 2.75) is 85.1 Å². The number of hydrogen-bond acceptors (Lipinski definition) is 4. The average Bonchev–Trinajstić information content (AvgIpc) is 3.66. The Labute approximate surface area is 341 Å². The molecule has 1 aliphatic heterocycles. The van der Waals surface area contributed by atoms with Gasteiger partial charge in [-0.2, -0.15) is 12.7 Å². The van der Waals surface area contributed by atoms with E-state index in [-0.39, 0.29) is 37.3 Å². The molecule has 7 aromatic rings. The minimum Gasteiger partial charge on any atom is -0.509 e. The molecule has 0 fully saturated rings. The van der Waals surface area contributed by atoms with E-state index in [1.807, 2.05) is 12.3 Å². The molecule has 0 unspecified atom stereocenters. The number of nitrogens with zero attached hydrogens (tertiary/aromatic N) is 4. The van der Waals surface area contributed by atoms with Gasteiger partial charge in [0.2, 0.25) is 0 Å². The topological polar surface area (TPSA) is 33.5 Å². The Morgan fingerprint density at radius 3 is 1.96 bits per heavy atom. The van der Waals surface area contributed by atoms with Gasteiger partial charge in [-0.15, -0.1) is 47.0 Å². The van der Waals surface area contributed by atoms with Crippen molar-refractivity contribution >= 4 is 38.9 Å². The molecule has 5 aromatic carbocycles. The third-order valence-electron chi connectivity index (χ3n) is 10.4. The predicted molar refractivity (Wildman–Crippen MR) is 224 cm³/mol. The summed E-state index contributed by atoms with van der Waals surface area (Å²) >= 11 is 0. The minimum absolute atomic E-state index is 0. The maximum absolute atomic E-state index is 6.76. The molecule has 8 rings (SSSR count). The molecule has 0 aliphatic carbocycles. The molecule has 0 N–H and O–H groups in total. The summed E-state index contributed by atoms with van der Waals surface area (Å²) in [4.78, 5) is 9.53. The number of pyridine rings is 1.